The van der Waals surface area contributed by atoms with Crippen molar-refractivity contribution < 1.29 is 17.9 Å². The molecule has 2 unspecified atom stereocenters. The molecule has 4 heterocycles. The number of anilines is 1. The molecule has 9 heteroatoms. The highest BCUT2D eigenvalue weighted by Crippen LogP contribution is 2.45. The van der Waals surface area contributed by atoms with Crippen molar-refractivity contribution in [1.82, 2.24) is 19.6 Å². The van der Waals surface area contributed by atoms with Gasteiger partial charge in [-0.3, -0.25) is 9.80 Å². The highest BCUT2D eigenvalue weighted by atomic mass is 19.1. The molecule has 228 valence electrons. The van der Waals surface area contributed by atoms with E-state index in [0.29, 0.717) is 44.2 Å². The van der Waals surface area contributed by atoms with Crippen LogP contribution >= 0.6 is 0 Å². The summed E-state index contributed by atoms with van der Waals surface area (Å²) >= 11 is 0. The van der Waals surface area contributed by atoms with Crippen LogP contribution in [0.1, 0.15) is 81.7 Å². The Labute approximate surface area is 247 Å². The topological polar surface area (TPSA) is 45.6 Å². The van der Waals surface area contributed by atoms with Gasteiger partial charge in [0.05, 0.1) is 17.8 Å². The molecule has 2 saturated heterocycles. The molecule has 0 spiro atoms. The van der Waals surface area contributed by atoms with E-state index in [1.165, 1.54) is 12.1 Å². The molecular formula is C33H44F3N5O. The van der Waals surface area contributed by atoms with Crippen molar-refractivity contribution in [3.05, 3.63) is 58.8 Å². The van der Waals surface area contributed by atoms with Gasteiger partial charge in [-0.1, -0.05) is 26.8 Å². The summed E-state index contributed by atoms with van der Waals surface area (Å²) in [5, 5.41) is 9.01. The molecule has 4 atom stereocenters. The van der Waals surface area contributed by atoms with Crippen LogP contribution in [0.4, 0.5) is 18.9 Å². The van der Waals surface area contributed by atoms with Gasteiger partial charge in [0.15, 0.2) is 6.23 Å². The summed E-state index contributed by atoms with van der Waals surface area (Å²) in [6.45, 7) is 9.31. The van der Waals surface area contributed by atoms with Gasteiger partial charge < -0.3 is 10.1 Å². The maximum atomic E-state index is 16.1. The van der Waals surface area contributed by atoms with Gasteiger partial charge >= 0.3 is 0 Å². The predicted octanol–water partition coefficient (Wildman–Crippen LogP) is 6.85. The maximum absolute atomic E-state index is 16.1. The third kappa shape index (κ3) is 5.67. The number of ether oxygens (including phenoxy) is 1. The van der Waals surface area contributed by atoms with E-state index in [0.717, 1.165) is 54.3 Å². The van der Waals surface area contributed by atoms with Crippen LogP contribution < -0.4 is 5.32 Å². The van der Waals surface area contributed by atoms with Crippen molar-refractivity contribution in [3.63, 3.8) is 0 Å². The maximum Gasteiger partial charge on any atom is 0.150 e. The first kappa shape index (κ1) is 29.5. The minimum absolute atomic E-state index is 0.0481. The Hall–Kier alpha value is -2.62. The van der Waals surface area contributed by atoms with E-state index < -0.39 is 23.7 Å². The average molecular weight is 584 g/mol. The van der Waals surface area contributed by atoms with Crippen LogP contribution in [0, 0.1) is 17.6 Å². The number of nitrogens with zero attached hydrogens (tertiary/aromatic N) is 4. The summed E-state index contributed by atoms with van der Waals surface area (Å²) < 4.78 is 53.9. The minimum Gasteiger partial charge on any atom is -0.380 e. The summed E-state index contributed by atoms with van der Waals surface area (Å²) in [6, 6.07) is 6.98. The number of fused-ring (bicyclic) bond motifs is 3. The van der Waals surface area contributed by atoms with Crippen molar-refractivity contribution >= 4 is 16.6 Å². The quantitative estimate of drug-likeness (QED) is 0.299. The summed E-state index contributed by atoms with van der Waals surface area (Å²) in [5.74, 6) is -1.16. The summed E-state index contributed by atoms with van der Waals surface area (Å²) in [7, 11) is 2.06. The summed E-state index contributed by atoms with van der Waals surface area (Å²) in [5.41, 5.74) is 3.61. The first-order valence-corrected chi connectivity index (χ1v) is 15.7. The van der Waals surface area contributed by atoms with E-state index in [2.05, 4.69) is 43.2 Å². The molecule has 2 aromatic carbocycles. The second-order valence-corrected chi connectivity index (χ2v) is 13.0. The Balaban J connectivity index is 1.33. The third-order valence-electron chi connectivity index (χ3n) is 9.38. The van der Waals surface area contributed by atoms with E-state index in [9.17, 15) is 4.39 Å². The number of benzene rings is 2. The molecule has 0 aliphatic carbocycles. The lowest BCUT2D eigenvalue weighted by Gasteiger charge is -2.42. The highest BCUT2D eigenvalue weighted by Gasteiger charge is 2.39. The molecule has 0 saturated carbocycles. The lowest BCUT2D eigenvalue weighted by molar-refractivity contribution is -0.0366. The molecule has 3 aliphatic heterocycles. The van der Waals surface area contributed by atoms with Crippen molar-refractivity contribution in [2.24, 2.45) is 5.92 Å². The van der Waals surface area contributed by atoms with Crippen LogP contribution in [-0.2, 0) is 11.3 Å². The largest absolute Gasteiger partial charge is 0.380 e. The standard InChI is InChI=1S/C33H44F3N5O/c1-5-21(34)16-40-17-23(18-40)38-22-13-27(35)33(28(36)14-22)32-24-9-10-29-25(15-37-41(29)31-8-6-7-11-42-31)26(24)19-39(4)30(32)12-20(2)3/h9-10,13-15,20-21,23,30-32,38H,5-8,11-12,16-19H2,1-4H3/t21?,30-,31?,32+/m0/s1. The number of alkyl halides is 1. The summed E-state index contributed by atoms with van der Waals surface area (Å²) in [4.78, 5) is 4.28. The van der Waals surface area contributed by atoms with E-state index in [4.69, 9.17) is 9.84 Å². The van der Waals surface area contributed by atoms with Gasteiger partial charge in [-0.25, -0.2) is 17.9 Å². The average Bonchev–Trinajstić information content (AvgIpc) is 3.38. The Morgan fingerprint density at radius 2 is 1.88 bits per heavy atom. The van der Waals surface area contributed by atoms with Gasteiger partial charge in [0.2, 0.25) is 0 Å². The van der Waals surface area contributed by atoms with Gasteiger partial charge in [-0.15, -0.1) is 0 Å². The lowest BCUT2D eigenvalue weighted by Crippen LogP contribution is -2.56. The van der Waals surface area contributed by atoms with Crippen LogP contribution in [0.2, 0.25) is 0 Å². The number of likely N-dealkylation sites (tertiary alicyclic amines) is 1. The van der Waals surface area contributed by atoms with Gasteiger partial charge in [-0.2, -0.15) is 5.10 Å². The number of nitrogens with one attached hydrogen (secondary N) is 1. The van der Waals surface area contributed by atoms with Crippen molar-refractivity contribution in [2.75, 3.05) is 38.6 Å². The van der Waals surface area contributed by atoms with Crippen molar-refractivity contribution in [2.45, 2.75) is 89.8 Å². The molecule has 6 rings (SSSR count). The molecule has 6 nitrogen and oxygen atoms in total. The van der Waals surface area contributed by atoms with Crippen LogP contribution in [-0.4, -0.2) is 71.1 Å². The Bertz CT molecular complexity index is 1370. The molecule has 2 fully saturated rings. The molecule has 1 N–H and O–H groups in total. The molecule has 42 heavy (non-hydrogen) atoms. The molecule has 0 amide bonds. The molecular weight excluding hydrogens is 539 g/mol. The van der Waals surface area contributed by atoms with Crippen molar-refractivity contribution in [1.29, 1.82) is 0 Å². The second kappa shape index (κ2) is 12.2. The first-order valence-electron chi connectivity index (χ1n) is 15.7. The van der Waals surface area contributed by atoms with E-state index in [1.807, 2.05) is 22.7 Å². The number of rotatable bonds is 9. The second-order valence-electron chi connectivity index (χ2n) is 13.0. The van der Waals surface area contributed by atoms with Crippen molar-refractivity contribution in [3.8, 4) is 0 Å². The molecule has 3 aromatic rings. The summed E-state index contributed by atoms with van der Waals surface area (Å²) in [6.07, 6.45) is 5.39. The number of hydrogen-bond acceptors (Lipinski definition) is 5. The van der Waals surface area contributed by atoms with Crippen LogP contribution in [0.15, 0.2) is 30.5 Å². The lowest BCUT2D eigenvalue weighted by atomic mass is 9.75. The predicted molar refractivity (Wildman–Crippen MR) is 161 cm³/mol. The number of aromatic nitrogens is 2. The molecule has 0 radical (unpaired) electrons. The van der Waals surface area contributed by atoms with Gasteiger partial charge in [0.1, 0.15) is 17.8 Å². The highest BCUT2D eigenvalue weighted by molar-refractivity contribution is 5.84. The Morgan fingerprint density at radius 1 is 1.12 bits per heavy atom. The van der Waals surface area contributed by atoms with Crippen LogP contribution in [0.3, 0.4) is 0 Å². The fraction of sp³-hybridized carbons (Fsp3) is 0.606. The Morgan fingerprint density at radius 3 is 2.55 bits per heavy atom. The zero-order valence-corrected chi connectivity index (χ0v) is 25.3. The van der Waals surface area contributed by atoms with Crippen LogP contribution in [0.5, 0.6) is 0 Å². The normalized spacial score (nSPS) is 24.6. The third-order valence-corrected chi connectivity index (χ3v) is 9.38. The fourth-order valence-electron chi connectivity index (χ4n) is 7.20. The van der Waals surface area contributed by atoms with E-state index in [-0.39, 0.29) is 23.9 Å². The smallest absolute Gasteiger partial charge is 0.150 e. The SMILES string of the molecule is CCC(F)CN1CC(Nc2cc(F)c([C@@H]3c4ccc5c(cnn5C5CCCCO5)c4CN(C)[C@H]3CC(C)C)c(F)c2)C1. The number of hydrogen-bond donors (Lipinski definition) is 1. The molecule has 0 bridgehead atoms. The monoisotopic (exact) mass is 583 g/mol. The molecule has 3 aliphatic rings. The van der Waals surface area contributed by atoms with Gasteiger partial charge in [0, 0.05) is 61.4 Å². The van der Waals surface area contributed by atoms with Crippen LogP contribution in [0.25, 0.3) is 10.9 Å². The van der Waals surface area contributed by atoms with Gasteiger partial charge in [-0.05, 0) is 74.4 Å². The number of halogens is 3. The van der Waals surface area contributed by atoms with E-state index in [1.54, 1.807) is 0 Å². The first-order chi connectivity index (χ1) is 20.2. The zero-order valence-electron chi connectivity index (χ0n) is 25.3. The van der Waals surface area contributed by atoms with E-state index >= 15 is 8.78 Å². The minimum atomic E-state index is -0.841. The fourth-order valence-corrected chi connectivity index (χ4v) is 7.20. The Kier molecular flexibility index (Phi) is 8.53. The molecule has 1 aromatic heterocycles. The zero-order chi connectivity index (χ0) is 29.5. The van der Waals surface area contributed by atoms with Gasteiger partial charge in [0.25, 0.3) is 0 Å². The number of likely N-dealkylation sites (N-methyl/N-ethyl adjacent to an activating group) is 1.